The quantitative estimate of drug-likeness (QED) is 0.768. The van der Waals surface area contributed by atoms with Crippen molar-refractivity contribution in [2.45, 2.75) is 56.9 Å². The molecular formula is C15H25N5. The summed E-state index contributed by atoms with van der Waals surface area (Å²) in [6.07, 6.45) is 8.26. The van der Waals surface area contributed by atoms with E-state index in [1.807, 2.05) is 7.05 Å². The molecule has 2 aliphatic rings. The summed E-state index contributed by atoms with van der Waals surface area (Å²) in [5.74, 6) is 2.63. The molecule has 0 aromatic carbocycles. The second-order valence-electron chi connectivity index (χ2n) is 6.21. The molecule has 1 heterocycles. The van der Waals surface area contributed by atoms with Gasteiger partial charge in [0, 0.05) is 18.7 Å². The van der Waals surface area contributed by atoms with Gasteiger partial charge in [0.25, 0.3) is 0 Å². The summed E-state index contributed by atoms with van der Waals surface area (Å²) in [6, 6.07) is 0.403. The molecule has 110 valence electrons. The molecule has 5 heteroatoms. The molecule has 0 spiro atoms. The predicted molar refractivity (Wildman–Crippen MR) is 81.6 cm³/mol. The van der Waals surface area contributed by atoms with E-state index in [1.54, 1.807) is 0 Å². The van der Waals surface area contributed by atoms with Crippen LogP contribution in [0.5, 0.6) is 0 Å². The highest BCUT2D eigenvalue weighted by atomic mass is 15.1. The molecule has 5 N–H and O–H groups in total. The van der Waals surface area contributed by atoms with Crippen molar-refractivity contribution in [2.24, 2.45) is 11.7 Å². The fraction of sp³-hybridized carbons (Fsp3) is 0.733. The van der Waals surface area contributed by atoms with Gasteiger partial charge in [-0.2, -0.15) is 4.98 Å². The Labute approximate surface area is 120 Å². The molecule has 1 aromatic heterocycles. The minimum absolute atomic E-state index is 0.388. The highest BCUT2D eigenvalue weighted by Gasteiger charge is 2.33. The Hall–Kier alpha value is -1.36. The maximum atomic E-state index is 6.04. The van der Waals surface area contributed by atoms with Gasteiger partial charge < -0.3 is 16.8 Å². The average Bonchev–Trinajstić information content (AvgIpc) is 2.46. The first-order valence-corrected chi connectivity index (χ1v) is 7.78. The van der Waals surface area contributed by atoms with E-state index in [0.29, 0.717) is 17.9 Å². The number of anilines is 2. The van der Waals surface area contributed by atoms with Crippen LogP contribution in [0.1, 0.15) is 55.7 Å². The molecule has 0 saturated heterocycles. The van der Waals surface area contributed by atoms with Crippen LogP contribution in [0, 0.1) is 5.92 Å². The van der Waals surface area contributed by atoms with Crippen molar-refractivity contribution in [2.75, 3.05) is 18.1 Å². The minimum atomic E-state index is 0.388. The second-order valence-corrected chi connectivity index (χ2v) is 6.21. The number of hydrogen-bond acceptors (Lipinski definition) is 5. The fourth-order valence-electron chi connectivity index (χ4n) is 3.96. The summed E-state index contributed by atoms with van der Waals surface area (Å²) in [7, 11) is 1.92. The fourth-order valence-corrected chi connectivity index (χ4v) is 3.96. The van der Waals surface area contributed by atoms with Crippen molar-refractivity contribution in [3.8, 4) is 0 Å². The number of nitrogens with two attached hydrogens (primary N) is 2. The van der Waals surface area contributed by atoms with Crippen LogP contribution < -0.4 is 16.8 Å². The monoisotopic (exact) mass is 275 g/mol. The zero-order chi connectivity index (χ0) is 14.1. The third-order valence-electron chi connectivity index (χ3n) is 4.96. The molecule has 1 unspecified atom stereocenters. The van der Waals surface area contributed by atoms with Gasteiger partial charge >= 0.3 is 0 Å². The molecule has 3 rings (SSSR count). The van der Waals surface area contributed by atoms with E-state index in [-0.39, 0.29) is 0 Å². The molecule has 1 fully saturated rings. The molecule has 0 bridgehead atoms. The van der Waals surface area contributed by atoms with Crippen molar-refractivity contribution in [3.63, 3.8) is 0 Å². The van der Waals surface area contributed by atoms with Crippen LogP contribution >= 0.6 is 0 Å². The topological polar surface area (TPSA) is 89.8 Å². The number of nitrogens with zero attached hydrogens (tertiary/aromatic N) is 2. The zero-order valence-corrected chi connectivity index (χ0v) is 12.2. The van der Waals surface area contributed by atoms with Crippen molar-refractivity contribution >= 4 is 11.8 Å². The van der Waals surface area contributed by atoms with Crippen LogP contribution in [0.2, 0.25) is 0 Å². The maximum absolute atomic E-state index is 6.04. The van der Waals surface area contributed by atoms with Crippen molar-refractivity contribution in [1.29, 1.82) is 0 Å². The SMILES string of the molecule is CNc1nc(N)nc2c1C([C@H]1CC[C@@H](N)CC1)CCC2. The van der Waals surface area contributed by atoms with E-state index in [1.165, 1.54) is 31.2 Å². The normalized spacial score (nSPS) is 29.8. The number of nitrogens with one attached hydrogen (secondary N) is 1. The lowest BCUT2D eigenvalue weighted by atomic mass is 9.71. The Morgan fingerprint density at radius 2 is 1.85 bits per heavy atom. The Kier molecular flexibility index (Phi) is 3.78. The number of aromatic nitrogens is 2. The van der Waals surface area contributed by atoms with Crippen LogP contribution in [0.25, 0.3) is 0 Å². The zero-order valence-electron chi connectivity index (χ0n) is 12.2. The molecule has 2 aliphatic carbocycles. The van der Waals surface area contributed by atoms with Crippen LogP contribution in [-0.2, 0) is 6.42 Å². The van der Waals surface area contributed by atoms with Gasteiger partial charge in [0.2, 0.25) is 5.95 Å². The molecule has 5 nitrogen and oxygen atoms in total. The Morgan fingerprint density at radius 1 is 1.10 bits per heavy atom. The number of fused-ring (bicyclic) bond motifs is 1. The first-order valence-electron chi connectivity index (χ1n) is 7.78. The van der Waals surface area contributed by atoms with Crippen LogP contribution in [0.15, 0.2) is 0 Å². The van der Waals surface area contributed by atoms with Gasteiger partial charge in [-0.1, -0.05) is 0 Å². The lowest BCUT2D eigenvalue weighted by molar-refractivity contribution is 0.264. The highest BCUT2D eigenvalue weighted by Crippen LogP contribution is 2.44. The largest absolute Gasteiger partial charge is 0.373 e. The first-order chi connectivity index (χ1) is 9.69. The maximum Gasteiger partial charge on any atom is 0.222 e. The molecule has 0 radical (unpaired) electrons. The lowest BCUT2D eigenvalue weighted by Gasteiger charge is -2.36. The Balaban J connectivity index is 1.92. The lowest BCUT2D eigenvalue weighted by Crippen LogP contribution is -2.31. The summed E-state index contributed by atoms with van der Waals surface area (Å²) in [5, 5.41) is 3.22. The summed E-state index contributed by atoms with van der Waals surface area (Å²) in [6.45, 7) is 0. The molecular weight excluding hydrogens is 250 g/mol. The molecule has 1 saturated carbocycles. The molecule has 0 amide bonds. The Bertz CT molecular complexity index is 462. The van der Waals surface area contributed by atoms with Crippen molar-refractivity contribution in [1.82, 2.24) is 9.97 Å². The third-order valence-corrected chi connectivity index (χ3v) is 4.96. The summed E-state index contributed by atoms with van der Waals surface area (Å²) >= 11 is 0. The Morgan fingerprint density at radius 3 is 2.55 bits per heavy atom. The van der Waals surface area contributed by atoms with E-state index < -0.39 is 0 Å². The van der Waals surface area contributed by atoms with Gasteiger partial charge in [-0.05, 0) is 56.8 Å². The van der Waals surface area contributed by atoms with Gasteiger partial charge in [0.1, 0.15) is 5.82 Å². The van der Waals surface area contributed by atoms with E-state index in [2.05, 4.69) is 15.3 Å². The molecule has 1 aromatic rings. The molecule has 20 heavy (non-hydrogen) atoms. The summed E-state index contributed by atoms with van der Waals surface area (Å²) in [5.41, 5.74) is 14.4. The van der Waals surface area contributed by atoms with E-state index in [4.69, 9.17) is 11.5 Å². The van der Waals surface area contributed by atoms with E-state index >= 15 is 0 Å². The van der Waals surface area contributed by atoms with Crippen molar-refractivity contribution in [3.05, 3.63) is 11.3 Å². The number of aryl methyl sites for hydroxylation is 1. The second kappa shape index (κ2) is 5.56. The molecule has 0 aliphatic heterocycles. The standard InChI is InChI=1S/C15H25N5/c1-18-14-13-11(9-5-7-10(16)8-6-9)3-2-4-12(13)19-15(17)20-14/h9-11H,2-8,16H2,1H3,(H3,17,18,19,20)/t9-,10+,11?. The minimum Gasteiger partial charge on any atom is -0.373 e. The van der Waals surface area contributed by atoms with Gasteiger partial charge in [-0.25, -0.2) is 4.98 Å². The summed E-state index contributed by atoms with van der Waals surface area (Å²) in [4.78, 5) is 8.88. The highest BCUT2D eigenvalue weighted by molar-refractivity contribution is 5.52. The number of rotatable bonds is 2. The van der Waals surface area contributed by atoms with Gasteiger partial charge in [-0.3, -0.25) is 0 Å². The predicted octanol–water partition coefficient (Wildman–Crippen LogP) is 2.04. The number of nitrogen functional groups attached to an aromatic ring is 1. The van der Waals surface area contributed by atoms with Crippen LogP contribution in [0.4, 0.5) is 11.8 Å². The van der Waals surface area contributed by atoms with Gasteiger partial charge in [0.05, 0.1) is 5.69 Å². The smallest absolute Gasteiger partial charge is 0.222 e. The molecule has 1 atom stereocenters. The number of hydrogen-bond donors (Lipinski definition) is 3. The first kappa shape index (κ1) is 13.6. The van der Waals surface area contributed by atoms with Crippen molar-refractivity contribution < 1.29 is 0 Å². The van der Waals surface area contributed by atoms with Gasteiger partial charge in [0.15, 0.2) is 0 Å². The summed E-state index contributed by atoms with van der Waals surface area (Å²) < 4.78 is 0. The van der Waals surface area contributed by atoms with Crippen LogP contribution in [-0.4, -0.2) is 23.1 Å². The third kappa shape index (κ3) is 2.46. The van der Waals surface area contributed by atoms with E-state index in [0.717, 1.165) is 36.7 Å². The van der Waals surface area contributed by atoms with E-state index in [9.17, 15) is 0 Å². The average molecular weight is 275 g/mol. The van der Waals surface area contributed by atoms with Crippen LogP contribution in [0.3, 0.4) is 0 Å². The van der Waals surface area contributed by atoms with Gasteiger partial charge in [-0.15, -0.1) is 0 Å².